The number of nitrogens with zero attached hydrogens (tertiary/aromatic N) is 4. The summed E-state index contributed by atoms with van der Waals surface area (Å²) in [7, 11) is 0. The van der Waals surface area contributed by atoms with Crippen LogP contribution in [0.1, 0.15) is 46.2 Å². The van der Waals surface area contributed by atoms with Crippen LogP contribution in [0.5, 0.6) is 0 Å². The second-order valence-corrected chi connectivity index (χ2v) is 9.21. The molecule has 2 saturated heterocycles. The second-order valence-electron chi connectivity index (χ2n) is 9.21. The lowest BCUT2D eigenvalue weighted by Crippen LogP contribution is -2.54. The summed E-state index contributed by atoms with van der Waals surface area (Å²) in [6.45, 7) is 7.68. The zero-order valence-electron chi connectivity index (χ0n) is 19.7. The lowest BCUT2D eigenvalue weighted by molar-refractivity contribution is 0.0720. The molecule has 7 heteroatoms. The van der Waals surface area contributed by atoms with Crippen LogP contribution in [0.15, 0.2) is 59.3 Å². The molecule has 2 aromatic carbocycles. The number of aromatic nitrogens is 1. The van der Waals surface area contributed by atoms with Gasteiger partial charge in [0.2, 0.25) is 0 Å². The van der Waals surface area contributed by atoms with Gasteiger partial charge in [-0.3, -0.25) is 9.59 Å². The Balaban J connectivity index is 1.37. The summed E-state index contributed by atoms with van der Waals surface area (Å²) in [5, 5.41) is 0. The highest BCUT2D eigenvalue weighted by atomic mass is 16.3. The molecule has 1 aromatic heterocycles. The number of hydrogen-bond acceptors (Lipinski definition) is 5. The van der Waals surface area contributed by atoms with Gasteiger partial charge in [-0.2, -0.15) is 0 Å². The Morgan fingerprint density at radius 1 is 0.941 bits per heavy atom. The Bertz CT molecular complexity index is 1200. The number of aryl methyl sites for hydroxylation is 1. The summed E-state index contributed by atoms with van der Waals surface area (Å²) >= 11 is 0. The fourth-order valence-corrected chi connectivity index (χ4v) is 5.03. The van der Waals surface area contributed by atoms with Gasteiger partial charge in [0.1, 0.15) is 0 Å². The third-order valence-electron chi connectivity index (χ3n) is 6.81. The van der Waals surface area contributed by atoms with E-state index in [0.29, 0.717) is 30.0 Å². The van der Waals surface area contributed by atoms with Gasteiger partial charge in [-0.05, 0) is 50.5 Å². The molecule has 1 atom stereocenters. The van der Waals surface area contributed by atoms with Gasteiger partial charge in [-0.25, -0.2) is 4.98 Å². The number of benzene rings is 2. The second kappa shape index (κ2) is 9.33. The molecule has 0 N–H and O–H groups in total. The van der Waals surface area contributed by atoms with Crippen LogP contribution in [-0.4, -0.2) is 65.4 Å². The molecule has 3 aromatic rings. The van der Waals surface area contributed by atoms with Crippen molar-refractivity contribution in [2.45, 2.75) is 32.7 Å². The predicted octanol–water partition coefficient (Wildman–Crippen LogP) is 4.24. The van der Waals surface area contributed by atoms with Crippen LogP contribution in [0, 0.1) is 6.92 Å². The summed E-state index contributed by atoms with van der Waals surface area (Å²) in [6.07, 6.45) is 3.34. The number of likely N-dealkylation sites (tertiary alicyclic amines) is 1. The van der Waals surface area contributed by atoms with Crippen molar-refractivity contribution in [2.75, 3.05) is 37.6 Å². The van der Waals surface area contributed by atoms with Crippen molar-refractivity contribution in [1.82, 2.24) is 14.8 Å². The van der Waals surface area contributed by atoms with Crippen molar-refractivity contribution in [3.63, 3.8) is 0 Å². The van der Waals surface area contributed by atoms with Crippen molar-refractivity contribution in [1.29, 1.82) is 0 Å². The first-order valence-electron chi connectivity index (χ1n) is 12.0. The van der Waals surface area contributed by atoms with Crippen molar-refractivity contribution in [2.24, 2.45) is 0 Å². The normalized spacial score (nSPS) is 18.4. The lowest BCUT2D eigenvalue weighted by atomic mass is 10.0. The molecular weight excluding hydrogens is 428 g/mol. The van der Waals surface area contributed by atoms with Crippen LogP contribution < -0.4 is 4.90 Å². The largest absolute Gasteiger partial charge is 0.443 e. The first-order chi connectivity index (χ1) is 16.5. The number of carbonyl (C=O) groups excluding carboxylic acids is 2. The van der Waals surface area contributed by atoms with Gasteiger partial charge < -0.3 is 19.1 Å². The monoisotopic (exact) mass is 458 g/mol. The van der Waals surface area contributed by atoms with Gasteiger partial charge in [-0.1, -0.05) is 30.3 Å². The maximum atomic E-state index is 13.5. The van der Waals surface area contributed by atoms with E-state index < -0.39 is 0 Å². The topological polar surface area (TPSA) is 69.9 Å². The van der Waals surface area contributed by atoms with Crippen LogP contribution >= 0.6 is 0 Å². The van der Waals surface area contributed by atoms with Crippen LogP contribution in [0.2, 0.25) is 0 Å². The van der Waals surface area contributed by atoms with Gasteiger partial charge in [-0.15, -0.1) is 0 Å². The Hall–Kier alpha value is -3.61. The van der Waals surface area contributed by atoms with Gasteiger partial charge in [0, 0.05) is 50.0 Å². The highest BCUT2D eigenvalue weighted by Crippen LogP contribution is 2.30. The minimum Gasteiger partial charge on any atom is -0.443 e. The molecule has 0 unspecified atom stereocenters. The molecule has 2 fully saturated rings. The number of hydrogen-bond donors (Lipinski definition) is 0. The number of carbonyl (C=O) groups is 2. The van der Waals surface area contributed by atoms with Gasteiger partial charge in [0.15, 0.2) is 17.8 Å². The third kappa shape index (κ3) is 4.18. The molecule has 176 valence electrons. The van der Waals surface area contributed by atoms with Gasteiger partial charge in [0.25, 0.3) is 11.8 Å². The maximum absolute atomic E-state index is 13.5. The van der Waals surface area contributed by atoms with Crippen LogP contribution in [-0.2, 0) is 0 Å². The number of oxazole rings is 1. The summed E-state index contributed by atoms with van der Waals surface area (Å²) in [4.78, 5) is 37.0. The average Bonchev–Trinajstić information content (AvgIpc) is 3.56. The van der Waals surface area contributed by atoms with E-state index in [2.05, 4.69) is 48.0 Å². The predicted molar refractivity (Wildman–Crippen MR) is 131 cm³/mol. The molecule has 2 aliphatic heterocycles. The fraction of sp³-hybridized carbons (Fsp3) is 0.370. The van der Waals surface area contributed by atoms with Crippen LogP contribution in [0.25, 0.3) is 11.3 Å². The summed E-state index contributed by atoms with van der Waals surface area (Å²) in [5.41, 5.74) is 3.83. The smallest absolute Gasteiger partial charge is 0.276 e. The van der Waals surface area contributed by atoms with E-state index in [0.717, 1.165) is 32.5 Å². The molecule has 34 heavy (non-hydrogen) atoms. The number of rotatable bonds is 4. The van der Waals surface area contributed by atoms with Crippen molar-refractivity contribution >= 4 is 17.5 Å². The minimum absolute atomic E-state index is 0.0247. The van der Waals surface area contributed by atoms with Gasteiger partial charge >= 0.3 is 0 Å². The highest BCUT2D eigenvalue weighted by Gasteiger charge is 2.32. The number of piperazine rings is 1. The molecule has 0 aliphatic carbocycles. The molecule has 2 amide bonds. The van der Waals surface area contributed by atoms with E-state index in [1.54, 1.807) is 6.07 Å². The Morgan fingerprint density at radius 2 is 1.74 bits per heavy atom. The van der Waals surface area contributed by atoms with E-state index in [-0.39, 0.29) is 23.6 Å². The van der Waals surface area contributed by atoms with Crippen molar-refractivity contribution in [3.05, 3.63) is 71.7 Å². The van der Waals surface area contributed by atoms with Crippen molar-refractivity contribution < 1.29 is 14.0 Å². The molecule has 7 nitrogen and oxygen atoms in total. The summed E-state index contributed by atoms with van der Waals surface area (Å²) < 4.78 is 5.71. The van der Waals surface area contributed by atoms with Crippen LogP contribution in [0.4, 0.5) is 5.69 Å². The van der Waals surface area contributed by atoms with E-state index in [1.165, 1.54) is 17.6 Å². The minimum atomic E-state index is -0.164. The maximum Gasteiger partial charge on any atom is 0.276 e. The van der Waals surface area contributed by atoms with E-state index in [1.807, 2.05) is 28.0 Å². The zero-order valence-corrected chi connectivity index (χ0v) is 19.7. The van der Waals surface area contributed by atoms with E-state index >= 15 is 0 Å². The molecule has 0 saturated carbocycles. The van der Waals surface area contributed by atoms with E-state index in [9.17, 15) is 9.59 Å². The first kappa shape index (κ1) is 22.2. The first-order valence-corrected chi connectivity index (χ1v) is 12.0. The van der Waals surface area contributed by atoms with Gasteiger partial charge in [0.05, 0.1) is 5.56 Å². The van der Waals surface area contributed by atoms with Crippen molar-refractivity contribution in [3.8, 4) is 11.3 Å². The molecule has 0 bridgehead atoms. The fourth-order valence-electron chi connectivity index (χ4n) is 5.03. The molecule has 2 aliphatic rings. The highest BCUT2D eigenvalue weighted by molar-refractivity contribution is 6.04. The standard InChI is InChI=1S/C27H30N4O3/c1-19-8-7-9-21(16-19)31-15-14-30(17-20(31)2)27(33)24-25(34-18-28-24)22-10-3-4-11-23(22)26(32)29-12-5-6-13-29/h3-4,7-11,16,18,20H,5-6,12-15,17H2,1-2H3/t20-/m0/s1. The number of amides is 2. The van der Waals surface area contributed by atoms with E-state index in [4.69, 9.17) is 4.42 Å². The Morgan fingerprint density at radius 3 is 2.50 bits per heavy atom. The average molecular weight is 459 g/mol. The summed E-state index contributed by atoms with van der Waals surface area (Å²) in [6, 6.07) is 16.0. The van der Waals surface area contributed by atoms with Crippen LogP contribution in [0.3, 0.4) is 0 Å². The lowest BCUT2D eigenvalue weighted by Gasteiger charge is -2.41. The molecule has 3 heterocycles. The number of anilines is 1. The Kier molecular flexibility index (Phi) is 6.09. The Labute approximate surface area is 200 Å². The molecular formula is C27H30N4O3. The summed E-state index contributed by atoms with van der Waals surface area (Å²) in [5.74, 6) is 0.174. The quantitative estimate of drug-likeness (QED) is 0.585. The SMILES string of the molecule is Cc1cccc(N2CCN(C(=O)c3ncoc3-c3ccccc3C(=O)N3CCCC3)C[C@@H]2C)c1. The molecule has 0 radical (unpaired) electrons. The molecule has 5 rings (SSSR count). The molecule has 0 spiro atoms. The third-order valence-corrected chi connectivity index (χ3v) is 6.81. The zero-order chi connectivity index (χ0) is 23.7.